The Bertz CT molecular complexity index is 875. The molecule has 29 heavy (non-hydrogen) atoms. The summed E-state index contributed by atoms with van der Waals surface area (Å²) >= 11 is 0. The van der Waals surface area contributed by atoms with E-state index < -0.39 is 5.54 Å². The minimum absolute atomic E-state index is 0.0452. The average molecular weight is 392 g/mol. The molecule has 0 unspecified atom stereocenters. The van der Waals surface area contributed by atoms with E-state index in [1.54, 1.807) is 17.3 Å². The molecule has 0 radical (unpaired) electrons. The Balaban J connectivity index is 1.65. The molecule has 5 nitrogen and oxygen atoms in total. The number of rotatable bonds is 4. The summed E-state index contributed by atoms with van der Waals surface area (Å²) in [6.07, 6.45) is 10.8. The predicted molar refractivity (Wildman–Crippen MR) is 112 cm³/mol. The molecule has 2 aromatic rings. The van der Waals surface area contributed by atoms with Crippen molar-refractivity contribution in [2.75, 3.05) is 0 Å². The van der Waals surface area contributed by atoms with E-state index in [0.29, 0.717) is 18.5 Å². The van der Waals surface area contributed by atoms with Crippen molar-refractivity contribution in [2.45, 2.75) is 70.0 Å². The van der Waals surface area contributed by atoms with Crippen LogP contribution in [0.3, 0.4) is 0 Å². The van der Waals surface area contributed by atoms with E-state index in [2.05, 4.69) is 10.3 Å². The standard InChI is InChI=1S/C24H29N3O2/c1-24(23(29)26-20-11-4-2-3-5-12-20)15-19-10-6-7-13-21(19)22(28)27(24)17-18-9-8-14-25-16-18/h6-10,13-14,16,20H,2-5,11-12,15,17H2,1H3,(H,26,29)/t24-/m1/s1. The van der Waals surface area contributed by atoms with Crippen LogP contribution in [0.15, 0.2) is 48.8 Å². The van der Waals surface area contributed by atoms with Crippen molar-refractivity contribution in [1.29, 1.82) is 0 Å². The molecule has 1 aromatic carbocycles. The molecule has 2 heterocycles. The first kappa shape index (κ1) is 19.6. The van der Waals surface area contributed by atoms with Gasteiger partial charge in [0.15, 0.2) is 0 Å². The summed E-state index contributed by atoms with van der Waals surface area (Å²) in [5, 5.41) is 3.29. The maximum atomic E-state index is 13.5. The van der Waals surface area contributed by atoms with Gasteiger partial charge in [-0.15, -0.1) is 0 Å². The molecule has 1 N–H and O–H groups in total. The molecule has 0 spiro atoms. The predicted octanol–water partition coefficient (Wildman–Crippen LogP) is 3.88. The Morgan fingerprint density at radius 3 is 2.62 bits per heavy atom. The highest BCUT2D eigenvalue weighted by Crippen LogP contribution is 2.33. The first-order chi connectivity index (χ1) is 14.1. The Labute approximate surface area is 172 Å². The minimum Gasteiger partial charge on any atom is -0.351 e. The fraction of sp³-hybridized carbons (Fsp3) is 0.458. The van der Waals surface area contributed by atoms with E-state index in [9.17, 15) is 9.59 Å². The summed E-state index contributed by atoms with van der Waals surface area (Å²) < 4.78 is 0. The Morgan fingerprint density at radius 1 is 1.14 bits per heavy atom. The van der Waals surface area contributed by atoms with Crippen LogP contribution in [0.5, 0.6) is 0 Å². The van der Waals surface area contributed by atoms with Gasteiger partial charge in [-0.05, 0) is 43.0 Å². The third-order valence-corrected chi connectivity index (χ3v) is 6.37. The number of carbonyl (C=O) groups excluding carboxylic acids is 2. The van der Waals surface area contributed by atoms with Gasteiger partial charge < -0.3 is 10.2 Å². The zero-order valence-electron chi connectivity index (χ0n) is 17.1. The summed E-state index contributed by atoms with van der Waals surface area (Å²) in [6, 6.07) is 11.7. The molecule has 1 saturated carbocycles. The lowest BCUT2D eigenvalue weighted by atomic mass is 9.82. The molecule has 0 saturated heterocycles. The van der Waals surface area contributed by atoms with Crippen LogP contribution in [-0.4, -0.2) is 33.3 Å². The average Bonchev–Trinajstić information content (AvgIpc) is 3.00. The number of amides is 2. The Hall–Kier alpha value is -2.69. The van der Waals surface area contributed by atoms with Gasteiger partial charge in [-0.25, -0.2) is 0 Å². The first-order valence-corrected chi connectivity index (χ1v) is 10.7. The normalized spacial score (nSPS) is 22.7. The van der Waals surface area contributed by atoms with Gasteiger partial charge in [-0.1, -0.05) is 49.9 Å². The van der Waals surface area contributed by atoms with Gasteiger partial charge in [0.25, 0.3) is 5.91 Å². The van der Waals surface area contributed by atoms with Crippen molar-refractivity contribution < 1.29 is 9.59 Å². The van der Waals surface area contributed by atoms with E-state index in [0.717, 1.165) is 36.8 Å². The second kappa shape index (κ2) is 8.36. The second-order valence-corrected chi connectivity index (χ2v) is 8.52. The largest absolute Gasteiger partial charge is 0.351 e. The van der Waals surface area contributed by atoms with Crippen LogP contribution in [0.4, 0.5) is 0 Å². The lowest BCUT2D eigenvalue weighted by molar-refractivity contribution is -0.132. The van der Waals surface area contributed by atoms with Crippen molar-refractivity contribution in [1.82, 2.24) is 15.2 Å². The third kappa shape index (κ3) is 4.04. The summed E-state index contributed by atoms with van der Waals surface area (Å²) in [5.41, 5.74) is 1.64. The van der Waals surface area contributed by atoms with Crippen LogP contribution in [0.25, 0.3) is 0 Å². The lowest BCUT2D eigenvalue weighted by Crippen LogP contribution is -2.63. The van der Waals surface area contributed by atoms with Gasteiger partial charge in [0.05, 0.1) is 0 Å². The number of nitrogens with zero attached hydrogens (tertiary/aromatic N) is 2. The topological polar surface area (TPSA) is 62.3 Å². The van der Waals surface area contributed by atoms with Crippen LogP contribution >= 0.6 is 0 Å². The molecule has 152 valence electrons. The van der Waals surface area contributed by atoms with E-state index in [1.165, 1.54) is 12.8 Å². The molecular formula is C24H29N3O2. The number of hydrogen-bond donors (Lipinski definition) is 1. The molecule has 1 aliphatic carbocycles. The number of pyridine rings is 1. The third-order valence-electron chi connectivity index (χ3n) is 6.37. The maximum Gasteiger partial charge on any atom is 0.255 e. The summed E-state index contributed by atoms with van der Waals surface area (Å²) in [5.74, 6) is -0.134. The fourth-order valence-corrected chi connectivity index (χ4v) is 4.61. The molecule has 1 aliphatic heterocycles. The van der Waals surface area contributed by atoms with Gasteiger partial charge in [0.2, 0.25) is 5.91 Å². The van der Waals surface area contributed by atoms with Crippen molar-refractivity contribution in [3.63, 3.8) is 0 Å². The quantitative estimate of drug-likeness (QED) is 0.805. The minimum atomic E-state index is -0.923. The lowest BCUT2D eigenvalue weighted by Gasteiger charge is -2.44. The molecule has 2 amide bonds. The second-order valence-electron chi connectivity index (χ2n) is 8.52. The Kier molecular flexibility index (Phi) is 5.65. The molecular weight excluding hydrogens is 362 g/mol. The van der Waals surface area contributed by atoms with Crippen molar-refractivity contribution in [3.8, 4) is 0 Å². The van der Waals surface area contributed by atoms with Crippen LogP contribution in [0, 0.1) is 0 Å². The maximum absolute atomic E-state index is 13.5. The molecule has 1 fully saturated rings. The first-order valence-electron chi connectivity index (χ1n) is 10.7. The SMILES string of the molecule is C[C@]1(C(=O)NC2CCCCCC2)Cc2ccccc2C(=O)N1Cc1cccnc1. The van der Waals surface area contributed by atoms with E-state index in [-0.39, 0.29) is 17.9 Å². The van der Waals surface area contributed by atoms with Crippen LogP contribution in [-0.2, 0) is 17.8 Å². The number of fused-ring (bicyclic) bond motifs is 1. The Morgan fingerprint density at radius 2 is 1.90 bits per heavy atom. The van der Waals surface area contributed by atoms with Crippen LogP contribution in [0.1, 0.15) is 66.9 Å². The van der Waals surface area contributed by atoms with E-state index in [1.807, 2.05) is 43.3 Å². The molecule has 1 atom stereocenters. The highest BCUT2D eigenvalue weighted by Gasteiger charge is 2.47. The summed E-state index contributed by atoms with van der Waals surface area (Å²) in [4.78, 5) is 32.9. The summed E-state index contributed by atoms with van der Waals surface area (Å²) in [6.45, 7) is 2.28. The highest BCUT2D eigenvalue weighted by molar-refractivity contribution is 6.02. The number of hydrogen-bond acceptors (Lipinski definition) is 3. The smallest absolute Gasteiger partial charge is 0.255 e. The zero-order chi connectivity index (χ0) is 20.3. The highest BCUT2D eigenvalue weighted by atomic mass is 16.2. The summed E-state index contributed by atoms with van der Waals surface area (Å²) in [7, 11) is 0. The zero-order valence-corrected chi connectivity index (χ0v) is 17.1. The molecule has 2 aliphatic rings. The van der Waals surface area contributed by atoms with Crippen molar-refractivity contribution >= 4 is 11.8 Å². The molecule has 4 rings (SSSR count). The molecule has 5 heteroatoms. The van der Waals surface area contributed by atoms with Gasteiger partial charge >= 0.3 is 0 Å². The number of carbonyl (C=O) groups is 2. The fourth-order valence-electron chi connectivity index (χ4n) is 4.61. The van der Waals surface area contributed by atoms with Gasteiger partial charge in [-0.2, -0.15) is 0 Å². The number of nitrogens with one attached hydrogen (secondary N) is 1. The molecule has 0 bridgehead atoms. The van der Waals surface area contributed by atoms with Gasteiger partial charge in [-0.3, -0.25) is 14.6 Å². The number of benzene rings is 1. The number of aromatic nitrogens is 1. The molecule has 1 aromatic heterocycles. The monoisotopic (exact) mass is 391 g/mol. The van der Waals surface area contributed by atoms with Crippen molar-refractivity contribution in [2.24, 2.45) is 0 Å². The van der Waals surface area contributed by atoms with E-state index >= 15 is 0 Å². The van der Waals surface area contributed by atoms with Crippen molar-refractivity contribution in [3.05, 3.63) is 65.5 Å². The van der Waals surface area contributed by atoms with E-state index in [4.69, 9.17) is 0 Å². The van der Waals surface area contributed by atoms with Crippen LogP contribution in [0.2, 0.25) is 0 Å². The van der Waals surface area contributed by atoms with Gasteiger partial charge in [0, 0.05) is 37.0 Å². The van der Waals surface area contributed by atoms with Crippen LogP contribution < -0.4 is 5.32 Å². The van der Waals surface area contributed by atoms with Gasteiger partial charge in [0.1, 0.15) is 5.54 Å².